The predicted octanol–water partition coefficient (Wildman–Crippen LogP) is 6.07. The third-order valence-electron chi connectivity index (χ3n) is 4.73. The summed E-state index contributed by atoms with van der Waals surface area (Å²) in [5.74, 6) is 1.92. The van der Waals surface area contributed by atoms with Crippen LogP contribution in [0.2, 0.25) is 10.0 Å². The molecule has 0 saturated carbocycles. The first-order valence-corrected chi connectivity index (χ1v) is 12.0. The lowest BCUT2D eigenvalue weighted by atomic mass is 10.2. The molecule has 0 bridgehead atoms. The van der Waals surface area contributed by atoms with Gasteiger partial charge >= 0.3 is 0 Å². The van der Waals surface area contributed by atoms with Gasteiger partial charge in [-0.15, -0.1) is 0 Å². The zero-order chi connectivity index (χ0) is 24.1. The van der Waals surface area contributed by atoms with Gasteiger partial charge in [-0.25, -0.2) is 5.43 Å². The molecule has 7 nitrogen and oxygen atoms in total. The van der Waals surface area contributed by atoms with E-state index in [9.17, 15) is 4.79 Å². The topological polar surface area (TPSA) is 78.4 Å². The maximum absolute atomic E-state index is 12.4. The number of hydrogen-bond donors (Lipinski definition) is 1. The first-order valence-electron chi connectivity index (χ1n) is 10.2. The van der Waals surface area contributed by atoms with Crippen molar-refractivity contribution in [3.05, 3.63) is 78.8 Å². The van der Waals surface area contributed by atoms with Gasteiger partial charge in [0.2, 0.25) is 6.79 Å². The van der Waals surface area contributed by atoms with Gasteiger partial charge in [0.15, 0.2) is 23.0 Å². The van der Waals surface area contributed by atoms with Crippen LogP contribution in [0.5, 0.6) is 23.0 Å². The Morgan fingerprint density at radius 2 is 1.94 bits per heavy atom. The quantitative estimate of drug-likeness (QED) is 0.190. The van der Waals surface area contributed by atoms with E-state index in [1.54, 1.807) is 36.4 Å². The zero-order valence-corrected chi connectivity index (χ0v) is 21.6. The molecule has 0 saturated heterocycles. The minimum atomic E-state index is -0.367. The standard InChI is InChI=1S/C24H19Cl2IN2O5/c1-2-31-22-8-14(7-19(27)23(22)32-12-16-3-5-17(25)10-18(16)26)11-28-29-24(30)15-4-6-20-21(9-15)34-13-33-20/h3-11H,2,12-13H2,1H3,(H,29,30)/b28-11-. The van der Waals surface area contributed by atoms with Crippen molar-refractivity contribution in [1.82, 2.24) is 5.43 Å². The van der Waals surface area contributed by atoms with Crippen LogP contribution in [0.3, 0.4) is 0 Å². The van der Waals surface area contributed by atoms with Gasteiger partial charge < -0.3 is 18.9 Å². The molecular formula is C24H19Cl2IN2O5. The summed E-state index contributed by atoms with van der Waals surface area (Å²) in [6.45, 7) is 2.74. The average molecular weight is 613 g/mol. The molecule has 0 aliphatic carbocycles. The smallest absolute Gasteiger partial charge is 0.271 e. The molecule has 3 aromatic rings. The van der Waals surface area contributed by atoms with Gasteiger partial charge in [0.25, 0.3) is 5.91 Å². The van der Waals surface area contributed by atoms with Crippen LogP contribution < -0.4 is 24.4 Å². The average Bonchev–Trinajstić information content (AvgIpc) is 3.28. The van der Waals surface area contributed by atoms with Crippen LogP contribution in [0.15, 0.2) is 53.6 Å². The summed E-state index contributed by atoms with van der Waals surface area (Å²) in [5.41, 5.74) is 4.47. The van der Waals surface area contributed by atoms with Crippen molar-refractivity contribution in [1.29, 1.82) is 0 Å². The van der Waals surface area contributed by atoms with Gasteiger partial charge in [-0.05, 0) is 77.5 Å². The highest BCUT2D eigenvalue weighted by Gasteiger charge is 2.16. The molecule has 34 heavy (non-hydrogen) atoms. The number of carbonyl (C=O) groups is 1. The van der Waals surface area contributed by atoms with Crippen LogP contribution in [-0.4, -0.2) is 25.5 Å². The first kappa shape index (κ1) is 24.4. The molecule has 0 radical (unpaired) electrons. The molecule has 1 aliphatic heterocycles. The minimum absolute atomic E-state index is 0.145. The van der Waals surface area contributed by atoms with Gasteiger partial charge in [0.05, 0.1) is 16.4 Å². The summed E-state index contributed by atoms with van der Waals surface area (Å²) in [7, 11) is 0. The maximum Gasteiger partial charge on any atom is 0.271 e. The second-order valence-corrected chi connectivity index (χ2v) is 9.06. The summed E-state index contributed by atoms with van der Waals surface area (Å²) in [5, 5.41) is 5.16. The molecule has 0 atom stereocenters. The number of benzene rings is 3. The fraction of sp³-hybridized carbons (Fsp3) is 0.167. The largest absolute Gasteiger partial charge is 0.490 e. The Bertz CT molecular complexity index is 1250. The van der Waals surface area contributed by atoms with Gasteiger partial charge in [-0.1, -0.05) is 29.3 Å². The molecule has 0 unspecified atom stereocenters. The molecule has 1 N–H and O–H groups in total. The van der Waals surface area contributed by atoms with Gasteiger partial charge in [0, 0.05) is 21.2 Å². The van der Waals surface area contributed by atoms with Crippen molar-refractivity contribution in [3.63, 3.8) is 0 Å². The third-order valence-corrected chi connectivity index (χ3v) is 6.12. The van der Waals surface area contributed by atoms with Gasteiger partial charge in [-0.2, -0.15) is 5.10 Å². The fourth-order valence-corrected chi connectivity index (χ4v) is 4.37. The Morgan fingerprint density at radius 1 is 1.12 bits per heavy atom. The van der Waals surface area contributed by atoms with E-state index in [0.29, 0.717) is 45.2 Å². The first-order chi connectivity index (χ1) is 16.4. The number of hydrazone groups is 1. The number of nitrogens with zero attached hydrogens (tertiary/aromatic N) is 1. The summed E-state index contributed by atoms with van der Waals surface area (Å²) >= 11 is 14.4. The Balaban J connectivity index is 1.45. The molecular weight excluding hydrogens is 594 g/mol. The van der Waals surface area contributed by atoms with E-state index in [1.165, 1.54) is 6.21 Å². The monoisotopic (exact) mass is 612 g/mol. The number of fused-ring (bicyclic) bond motifs is 1. The van der Waals surface area contributed by atoms with Crippen LogP contribution in [-0.2, 0) is 6.61 Å². The summed E-state index contributed by atoms with van der Waals surface area (Å²) < 4.78 is 23.2. The Kier molecular flexibility index (Phi) is 8.02. The lowest BCUT2D eigenvalue weighted by Crippen LogP contribution is -2.17. The number of rotatable bonds is 8. The molecule has 1 heterocycles. The molecule has 1 amide bonds. The van der Waals surface area contributed by atoms with Crippen molar-refractivity contribution in [3.8, 4) is 23.0 Å². The van der Waals surface area contributed by atoms with E-state index < -0.39 is 0 Å². The van der Waals surface area contributed by atoms with Gasteiger partial charge in [0.1, 0.15) is 6.61 Å². The second kappa shape index (κ2) is 11.2. The van der Waals surface area contributed by atoms with Crippen molar-refractivity contribution < 1.29 is 23.7 Å². The summed E-state index contributed by atoms with van der Waals surface area (Å²) in [4.78, 5) is 12.4. The highest BCUT2D eigenvalue weighted by atomic mass is 127. The van der Waals surface area contributed by atoms with Crippen LogP contribution >= 0.6 is 45.8 Å². The van der Waals surface area contributed by atoms with Crippen molar-refractivity contribution in [2.75, 3.05) is 13.4 Å². The molecule has 0 fully saturated rings. The number of amides is 1. The molecule has 0 spiro atoms. The van der Waals surface area contributed by atoms with Crippen LogP contribution in [0.4, 0.5) is 0 Å². The van der Waals surface area contributed by atoms with Crippen LogP contribution in [0.1, 0.15) is 28.4 Å². The Morgan fingerprint density at radius 3 is 2.74 bits per heavy atom. The minimum Gasteiger partial charge on any atom is -0.490 e. The van der Waals surface area contributed by atoms with Gasteiger partial charge in [-0.3, -0.25) is 4.79 Å². The zero-order valence-electron chi connectivity index (χ0n) is 17.9. The Labute approximate surface area is 220 Å². The number of halogens is 3. The molecule has 10 heteroatoms. The molecule has 0 aromatic heterocycles. The normalized spacial score (nSPS) is 12.1. The van der Waals surface area contributed by atoms with Crippen molar-refractivity contribution in [2.24, 2.45) is 5.10 Å². The van der Waals surface area contributed by atoms with E-state index in [2.05, 4.69) is 33.1 Å². The summed E-state index contributed by atoms with van der Waals surface area (Å²) in [6.07, 6.45) is 1.54. The summed E-state index contributed by atoms with van der Waals surface area (Å²) in [6, 6.07) is 13.9. The number of ether oxygens (including phenoxy) is 4. The van der Waals surface area contributed by atoms with Crippen LogP contribution in [0, 0.1) is 3.57 Å². The highest BCUT2D eigenvalue weighted by Crippen LogP contribution is 2.35. The van der Waals surface area contributed by atoms with Crippen LogP contribution in [0.25, 0.3) is 0 Å². The van der Waals surface area contributed by atoms with Crippen molar-refractivity contribution in [2.45, 2.75) is 13.5 Å². The molecule has 1 aliphatic rings. The van der Waals surface area contributed by atoms with E-state index in [-0.39, 0.29) is 19.3 Å². The van der Waals surface area contributed by atoms with E-state index >= 15 is 0 Å². The predicted molar refractivity (Wildman–Crippen MR) is 139 cm³/mol. The lowest BCUT2D eigenvalue weighted by Gasteiger charge is -2.15. The number of carbonyl (C=O) groups excluding carboxylic acids is 1. The SMILES string of the molecule is CCOc1cc(/C=N\NC(=O)c2ccc3c(c2)OCO3)cc(I)c1OCc1ccc(Cl)cc1Cl. The highest BCUT2D eigenvalue weighted by molar-refractivity contribution is 14.1. The molecule has 3 aromatic carbocycles. The number of hydrogen-bond acceptors (Lipinski definition) is 6. The molecule has 4 rings (SSSR count). The fourth-order valence-electron chi connectivity index (χ4n) is 3.12. The number of nitrogens with one attached hydrogen (secondary N) is 1. The maximum atomic E-state index is 12.4. The Hall–Kier alpha value is -2.69. The van der Waals surface area contributed by atoms with E-state index in [4.69, 9.17) is 42.1 Å². The van der Waals surface area contributed by atoms with E-state index in [1.807, 2.05) is 19.1 Å². The third kappa shape index (κ3) is 5.86. The second-order valence-electron chi connectivity index (χ2n) is 7.05. The van der Waals surface area contributed by atoms with Crippen molar-refractivity contribution >= 4 is 57.9 Å². The lowest BCUT2D eigenvalue weighted by molar-refractivity contribution is 0.0954. The molecule has 176 valence electrons. The van der Waals surface area contributed by atoms with E-state index in [0.717, 1.165) is 14.7 Å².